The molecule has 0 aliphatic carbocycles. The second kappa shape index (κ2) is 8.59. The van der Waals surface area contributed by atoms with Crippen molar-refractivity contribution in [3.63, 3.8) is 0 Å². The van der Waals surface area contributed by atoms with Crippen LogP contribution in [0.3, 0.4) is 0 Å². The van der Waals surface area contributed by atoms with Crippen molar-refractivity contribution >= 4 is 52.2 Å². The van der Waals surface area contributed by atoms with E-state index in [9.17, 15) is 24.5 Å². The van der Waals surface area contributed by atoms with Gasteiger partial charge in [0.2, 0.25) is 11.7 Å². The van der Waals surface area contributed by atoms with Crippen molar-refractivity contribution in [2.45, 2.75) is 6.42 Å². The molecule has 8 nitrogen and oxygen atoms in total. The van der Waals surface area contributed by atoms with Crippen LogP contribution in [-0.4, -0.2) is 35.7 Å². The van der Waals surface area contributed by atoms with Crippen molar-refractivity contribution in [3.05, 3.63) is 68.2 Å². The number of hydrogen-bond acceptors (Lipinski definition) is 6. The lowest BCUT2D eigenvalue weighted by Crippen LogP contribution is -2.27. The molecule has 3 rings (SSSR count). The van der Waals surface area contributed by atoms with E-state index in [1.165, 1.54) is 41.3 Å². The van der Waals surface area contributed by atoms with E-state index in [0.717, 1.165) is 0 Å². The predicted molar refractivity (Wildman–Crippen MR) is 105 cm³/mol. The van der Waals surface area contributed by atoms with Gasteiger partial charge in [-0.2, -0.15) is 0 Å². The lowest BCUT2D eigenvalue weighted by Gasteiger charge is -2.16. The van der Waals surface area contributed by atoms with Gasteiger partial charge in [-0.25, -0.2) is 0 Å². The Bertz CT molecular complexity index is 1010. The Kier molecular flexibility index (Phi) is 6.14. The Labute approximate surface area is 175 Å². The van der Waals surface area contributed by atoms with Crippen LogP contribution < -0.4 is 4.90 Å². The molecule has 0 saturated carbocycles. The Morgan fingerprint density at radius 1 is 1.21 bits per heavy atom. The molecule has 1 heterocycles. The molecule has 1 aliphatic heterocycles. The van der Waals surface area contributed by atoms with Gasteiger partial charge >= 0.3 is 5.97 Å². The summed E-state index contributed by atoms with van der Waals surface area (Å²) in [5.74, 6) is -2.35. The molecule has 1 aliphatic rings. The number of ketones is 1. The molecular formula is C19H14Cl2N2O6. The van der Waals surface area contributed by atoms with E-state index in [2.05, 4.69) is 0 Å². The molecule has 1 fully saturated rings. The van der Waals surface area contributed by atoms with Gasteiger partial charge in [-0.3, -0.25) is 24.5 Å². The van der Waals surface area contributed by atoms with Crippen molar-refractivity contribution in [2.75, 3.05) is 18.1 Å². The molecule has 0 unspecified atom stereocenters. The lowest BCUT2D eigenvalue weighted by molar-refractivity contribution is -0.384. The fourth-order valence-electron chi connectivity index (χ4n) is 2.94. The average molecular weight is 437 g/mol. The van der Waals surface area contributed by atoms with Gasteiger partial charge in [0, 0.05) is 35.7 Å². The van der Waals surface area contributed by atoms with E-state index >= 15 is 0 Å². The zero-order valence-electron chi connectivity index (χ0n) is 14.8. The monoisotopic (exact) mass is 436 g/mol. The first-order valence-corrected chi connectivity index (χ1v) is 9.21. The summed E-state index contributed by atoms with van der Waals surface area (Å²) in [4.78, 5) is 48.4. The third-order valence-corrected chi connectivity index (χ3v) is 4.94. The van der Waals surface area contributed by atoms with Crippen LogP contribution in [0, 0.1) is 16.0 Å². The van der Waals surface area contributed by atoms with Gasteiger partial charge in [0.15, 0.2) is 6.61 Å². The van der Waals surface area contributed by atoms with Crippen LogP contribution in [0.2, 0.25) is 10.0 Å². The molecule has 10 heteroatoms. The molecule has 0 N–H and O–H groups in total. The van der Waals surface area contributed by atoms with Crippen LogP contribution in [0.15, 0.2) is 42.5 Å². The first-order valence-electron chi connectivity index (χ1n) is 8.46. The summed E-state index contributed by atoms with van der Waals surface area (Å²) in [6.45, 7) is -0.517. The van der Waals surface area contributed by atoms with Crippen molar-refractivity contribution in [1.82, 2.24) is 0 Å². The standard InChI is InChI=1S/C19H14Cl2N2O6/c20-12-4-5-15(16(21)7-12)17(24)10-29-19(26)11-6-18(25)22(9-11)13-2-1-3-14(8-13)23(27)28/h1-5,7-8,11H,6,9-10H2/t11-/m0/s1. The number of ether oxygens (including phenoxy) is 1. The number of non-ortho nitro benzene ring substituents is 1. The number of benzene rings is 2. The molecule has 2 aromatic carbocycles. The molecule has 29 heavy (non-hydrogen) atoms. The van der Waals surface area contributed by atoms with Crippen LogP contribution >= 0.6 is 23.2 Å². The highest BCUT2D eigenvalue weighted by atomic mass is 35.5. The molecule has 0 bridgehead atoms. The van der Waals surface area contributed by atoms with Crippen molar-refractivity contribution in [1.29, 1.82) is 0 Å². The van der Waals surface area contributed by atoms with Crippen molar-refractivity contribution in [3.8, 4) is 0 Å². The minimum absolute atomic E-state index is 0.00866. The van der Waals surface area contributed by atoms with Crippen LogP contribution in [0.1, 0.15) is 16.8 Å². The highest BCUT2D eigenvalue weighted by Crippen LogP contribution is 2.28. The molecule has 1 saturated heterocycles. The Hall–Kier alpha value is -2.97. The maximum absolute atomic E-state index is 12.3. The fraction of sp³-hybridized carbons (Fsp3) is 0.211. The van der Waals surface area contributed by atoms with Crippen LogP contribution in [0.5, 0.6) is 0 Å². The zero-order chi connectivity index (χ0) is 21.1. The number of nitro groups is 1. The number of Topliss-reactive ketones (excluding diaryl/α,β-unsaturated/α-hetero) is 1. The number of halogens is 2. The van der Waals surface area contributed by atoms with E-state index in [0.29, 0.717) is 10.7 Å². The van der Waals surface area contributed by atoms with Gasteiger partial charge in [-0.1, -0.05) is 29.3 Å². The van der Waals surface area contributed by atoms with E-state index in [4.69, 9.17) is 27.9 Å². The molecule has 0 radical (unpaired) electrons. The average Bonchev–Trinajstić information content (AvgIpc) is 3.07. The predicted octanol–water partition coefficient (Wildman–Crippen LogP) is 3.68. The minimum Gasteiger partial charge on any atom is -0.457 e. The molecule has 1 amide bonds. The smallest absolute Gasteiger partial charge is 0.311 e. The third-order valence-electron chi connectivity index (χ3n) is 4.39. The summed E-state index contributed by atoms with van der Waals surface area (Å²) in [5, 5.41) is 11.4. The van der Waals surface area contributed by atoms with Gasteiger partial charge in [0.25, 0.3) is 5.69 Å². The quantitative estimate of drug-likeness (QED) is 0.295. The summed E-state index contributed by atoms with van der Waals surface area (Å²) >= 11 is 11.7. The van der Waals surface area contributed by atoms with E-state index in [1.807, 2.05) is 0 Å². The molecule has 0 aromatic heterocycles. The number of rotatable bonds is 6. The highest BCUT2D eigenvalue weighted by Gasteiger charge is 2.36. The normalized spacial score (nSPS) is 16.0. The second-order valence-electron chi connectivity index (χ2n) is 6.34. The maximum atomic E-state index is 12.3. The maximum Gasteiger partial charge on any atom is 0.311 e. The molecule has 1 atom stereocenters. The first-order chi connectivity index (χ1) is 13.8. The number of esters is 1. The second-order valence-corrected chi connectivity index (χ2v) is 7.18. The molecule has 0 spiro atoms. The summed E-state index contributed by atoms with van der Waals surface area (Å²) in [6.07, 6.45) is -0.114. The van der Waals surface area contributed by atoms with Crippen LogP contribution in [0.25, 0.3) is 0 Å². The van der Waals surface area contributed by atoms with Crippen LogP contribution in [0.4, 0.5) is 11.4 Å². The topological polar surface area (TPSA) is 107 Å². The summed E-state index contributed by atoms with van der Waals surface area (Å²) < 4.78 is 5.05. The summed E-state index contributed by atoms with van der Waals surface area (Å²) in [6, 6.07) is 9.91. The van der Waals surface area contributed by atoms with E-state index in [-0.39, 0.29) is 35.1 Å². The number of carbonyl (C=O) groups excluding carboxylic acids is 3. The van der Waals surface area contributed by atoms with Crippen molar-refractivity contribution in [2.24, 2.45) is 5.92 Å². The zero-order valence-corrected chi connectivity index (χ0v) is 16.4. The van der Waals surface area contributed by atoms with Gasteiger partial charge in [0.1, 0.15) is 0 Å². The Morgan fingerprint density at radius 3 is 2.66 bits per heavy atom. The van der Waals surface area contributed by atoms with E-state index < -0.39 is 29.2 Å². The Balaban J connectivity index is 1.62. The number of nitro benzene ring substituents is 1. The van der Waals surface area contributed by atoms with E-state index in [1.54, 1.807) is 6.07 Å². The summed E-state index contributed by atoms with van der Waals surface area (Å²) in [7, 11) is 0. The van der Waals surface area contributed by atoms with Gasteiger partial charge in [-0.05, 0) is 24.3 Å². The summed E-state index contributed by atoms with van der Waals surface area (Å²) in [5.41, 5.74) is 0.333. The molecule has 150 valence electrons. The van der Waals surface area contributed by atoms with Gasteiger partial charge < -0.3 is 9.64 Å². The number of nitrogens with zero attached hydrogens (tertiary/aromatic N) is 2. The third kappa shape index (κ3) is 4.72. The van der Waals surface area contributed by atoms with Gasteiger partial charge in [0.05, 0.1) is 21.6 Å². The van der Waals surface area contributed by atoms with Crippen LogP contribution in [-0.2, 0) is 14.3 Å². The Morgan fingerprint density at radius 2 is 1.97 bits per heavy atom. The number of anilines is 1. The lowest BCUT2D eigenvalue weighted by atomic mass is 10.1. The largest absolute Gasteiger partial charge is 0.457 e. The number of carbonyl (C=O) groups is 3. The SMILES string of the molecule is O=C(COC(=O)[C@H]1CC(=O)N(c2cccc([N+](=O)[O-])c2)C1)c1ccc(Cl)cc1Cl. The molecular weight excluding hydrogens is 423 g/mol. The molecule has 2 aromatic rings. The van der Waals surface area contributed by atoms with Crippen molar-refractivity contribution < 1.29 is 24.0 Å². The van der Waals surface area contributed by atoms with Gasteiger partial charge in [-0.15, -0.1) is 0 Å². The fourth-order valence-corrected chi connectivity index (χ4v) is 3.45. The minimum atomic E-state index is -0.782. The highest BCUT2D eigenvalue weighted by molar-refractivity contribution is 6.36. The number of hydrogen-bond donors (Lipinski definition) is 0. The number of amides is 1. The first kappa shape index (κ1) is 20.8.